The van der Waals surface area contributed by atoms with Gasteiger partial charge in [0.15, 0.2) is 0 Å². The van der Waals surface area contributed by atoms with Gasteiger partial charge in [-0.15, -0.1) is 0 Å². The maximum Gasteiger partial charge on any atom is 0.264 e. The van der Waals surface area contributed by atoms with Crippen molar-refractivity contribution < 1.29 is 18.0 Å². The summed E-state index contributed by atoms with van der Waals surface area (Å²) < 4.78 is 29.8. The molecule has 0 aromatic heterocycles. The van der Waals surface area contributed by atoms with Crippen molar-refractivity contribution in [2.75, 3.05) is 10.8 Å². The highest BCUT2D eigenvalue weighted by molar-refractivity contribution is 9.10. The number of amides is 2. The number of carbonyl (C=O) groups is 2. The summed E-state index contributed by atoms with van der Waals surface area (Å²) in [4.78, 5) is 28.4. The molecule has 0 aliphatic rings. The van der Waals surface area contributed by atoms with Crippen LogP contribution in [0.5, 0.6) is 0 Å². The van der Waals surface area contributed by atoms with E-state index < -0.39 is 28.5 Å². The number of rotatable bonds is 10. The monoisotopic (exact) mass is 633 g/mol. The average Bonchev–Trinajstić information content (AvgIpc) is 2.88. The number of sulfonamides is 1. The van der Waals surface area contributed by atoms with Crippen LogP contribution in [0.15, 0.2) is 76.1 Å². The number of nitrogens with one attached hydrogen (secondary N) is 1. The molecule has 3 aromatic carbocycles. The molecule has 2 amide bonds. The fourth-order valence-electron chi connectivity index (χ4n) is 3.99. The molecular formula is C29H33BrClN3O4S. The van der Waals surface area contributed by atoms with E-state index in [1.807, 2.05) is 45.0 Å². The van der Waals surface area contributed by atoms with Crippen molar-refractivity contribution in [3.8, 4) is 0 Å². The molecule has 0 spiro atoms. The summed E-state index contributed by atoms with van der Waals surface area (Å²) in [6.07, 6.45) is 0. The maximum absolute atomic E-state index is 14.0. The van der Waals surface area contributed by atoms with Gasteiger partial charge < -0.3 is 10.2 Å². The minimum Gasteiger partial charge on any atom is -0.352 e. The normalized spacial score (nSPS) is 12.2. The Kier molecular flexibility index (Phi) is 10.2. The minimum atomic E-state index is -4.16. The number of aryl methyl sites for hydroxylation is 1. The Hall–Kier alpha value is -2.88. The van der Waals surface area contributed by atoms with Crippen molar-refractivity contribution >= 4 is 55.1 Å². The molecule has 10 heteroatoms. The quantitative estimate of drug-likeness (QED) is 0.303. The van der Waals surface area contributed by atoms with E-state index in [-0.39, 0.29) is 23.4 Å². The van der Waals surface area contributed by atoms with E-state index in [0.717, 1.165) is 19.9 Å². The molecule has 0 saturated heterocycles. The van der Waals surface area contributed by atoms with Crippen LogP contribution >= 0.6 is 27.5 Å². The third kappa shape index (κ3) is 7.62. The Morgan fingerprint density at radius 2 is 1.56 bits per heavy atom. The zero-order valence-corrected chi connectivity index (χ0v) is 25.8. The topological polar surface area (TPSA) is 86.8 Å². The predicted molar refractivity (Wildman–Crippen MR) is 159 cm³/mol. The zero-order chi connectivity index (χ0) is 28.9. The summed E-state index contributed by atoms with van der Waals surface area (Å²) in [7, 11) is -4.16. The molecule has 1 N–H and O–H groups in total. The molecular weight excluding hydrogens is 602 g/mol. The predicted octanol–water partition coefficient (Wildman–Crippen LogP) is 5.86. The molecule has 0 aliphatic carbocycles. The first-order valence-electron chi connectivity index (χ1n) is 12.5. The van der Waals surface area contributed by atoms with Crippen LogP contribution < -0.4 is 9.62 Å². The molecule has 1 unspecified atom stereocenters. The second kappa shape index (κ2) is 13.0. The average molecular weight is 635 g/mol. The van der Waals surface area contributed by atoms with Crippen molar-refractivity contribution in [2.45, 2.75) is 58.1 Å². The number of benzene rings is 3. The summed E-state index contributed by atoms with van der Waals surface area (Å²) in [5.41, 5.74) is 2.51. The van der Waals surface area contributed by atoms with E-state index >= 15 is 0 Å². The first-order valence-corrected chi connectivity index (χ1v) is 15.1. The van der Waals surface area contributed by atoms with Gasteiger partial charge in [0.05, 0.1) is 10.6 Å². The molecule has 1 atom stereocenters. The van der Waals surface area contributed by atoms with Gasteiger partial charge >= 0.3 is 0 Å². The first kappa shape index (κ1) is 30.7. The third-order valence-corrected chi connectivity index (χ3v) is 8.97. The van der Waals surface area contributed by atoms with Gasteiger partial charge in [-0.05, 0) is 82.1 Å². The van der Waals surface area contributed by atoms with Gasteiger partial charge in [-0.2, -0.15) is 0 Å². The molecule has 3 aromatic rings. The summed E-state index contributed by atoms with van der Waals surface area (Å²) in [6, 6.07) is 17.8. The Labute approximate surface area is 244 Å². The van der Waals surface area contributed by atoms with Gasteiger partial charge in [-0.1, -0.05) is 63.4 Å². The van der Waals surface area contributed by atoms with Gasteiger partial charge in [0.25, 0.3) is 10.0 Å². The van der Waals surface area contributed by atoms with Crippen LogP contribution in [-0.4, -0.2) is 43.8 Å². The highest BCUT2D eigenvalue weighted by Gasteiger charge is 2.33. The van der Waals surface area contributed by atoms with E-state index in [2.05, 4.69) is 21.2 Å². The Morgan fingerprint density at radius 1 is 0.949 bits per heavy atom. The SMILES string of the molecule is Cc1ccc(S(=O)(=O)N(CC(=O)N(Cc2ccc(Br)cc2)C(C)C(=O)NC(C)C)c2cccc(Cl)c2C)cc1. The van der Waals surface area contributed by atoms with Crippen LogP contribution in [0.4, 0.5) is 5.69 Å². The summed E-state index contributed by atoms with van der Waals surface area (Å²) >= 11 is 9.77. The molecule has 3 rings (SSSR count). The number of hydrogen-bond acceptors (Lipinski definition) is 4. The molecule has 39 heavy (non-hydrogen) atoms. The Bertz CT molecular complexity index is 1430. The van der Waals surface area contributed by atoms with Crippen LogP contribution in [0.25, 0.3) is 0 Å². The van der Waals surface area contributed by atoms with E-state index in [0.29, 0.717) is 16.3 Å². The molecule has 0 bridgehead atoms. The van der Waals surface area contributed by atoms with Crippen molar-refractivity contribution in [1.82, 2.24) is 10.2 Å². The van der Waals surface area contributed by atoms with E-state index in [1.54, 1.807) is 44.2 Å². The lowest BCUT2D eigenvalue weighted by atomic mass is 10.1. The summed E-state index contributed by atoms with van der Waals surface area (Å²) in [5.74, 6) is -0.860. The first-order chi connectivity index (χ1) is 18.3. The number of anilines is 1. The number of hydrogen-bond donors (Lipinski definition) is 1. The van der Waals surface area contributed by atoms with Gasteiger partial charge in [0.2, 0.25) is 11.8 Å². The lowest BCUT2D eigenvalue weighted by Gasteiger charge is -2.33. The number of halogens is 2. The molecule has 208 valence electrons. The van der Waals surface area contributed by atoms with Gasteiger partial charge in [0, 0.05) is 22.1 Å². The Balaban J connectivity index is 2.07. The van der Waals surface area contributed by atoms with Crippen LogP contribution in [0, 0.1) is 13.8 Å². The summed E-state index contributed by atoms with van der Waals surface area (Å²) in [5, 5.41) is 3.22. The maximum atomic E-state index is 14.0. The fourth-order valence-corrected chi connectivity index (χ4v) is 5.90. The van der Waals surface area contributed by atoms with E-state index in [4.69, 9.17) is 11.6 Å². The van der Waals surface area contributed by atoms with E-state index in [1.165, 1.54) is 17.0 Å². The molecule has 0 saturated carbocycles. The largest absolute Gasteiger partial charge is 0.352 e. The standard InChI is InChI=1S/C29H33BrClN3O4S/c1-19(2)32-29(36)22(5)33(17-23-11-13-24(30)14-12-23)28(35)18-34(27-8-6-7-26(31)21(27)4)39(37,38)25-15-9-20(3)10-16-25/h6-16,19,22H,17-18H2,1-5H3,(H,32,36). The van der Waals surface area contributed by atoms with Gasteiger partial charge in [0.1, 0.15) is 12.6 Å². The van der Waals surface area contributed by atoms with Crippen LogP contribution in [0.2, 0.25) is 5.02 Å². The summed E-state index contributed by atoms with van der Waals surface area (Å²) in [6.45, 7) is 8.48. The smallest absolute Gasteiger partial charge is 0.264 e. The fraction of sp³-hybridized carbons (Fsp3) is 0.310. The number of carbonyl (C=O) groups excluding carboxylic acids is 2. The highest BCUT2D eigenvalue weighted by Crippen LogP contribution is 2.31. The molecule has 0 aliphatic heterocycles. The van der Waals surface area contributed by atoms with Gasteiger partial charge in [-0.25, -0.2) is 8.42 Å². The van der Waals surface area contributed by atoms with Crippen molar-refractivity contribution in [3.63, 3.8) is 0 Å². The lowest BCUT2D eigenvalue weighted by Crippen LogP contribution is -2.52. The molecule has 0 heterocycles. The molecule has 0 fully saturated rings. The van der Waals surface area contributed by atoms with Crippen LogP contribution in [0.3, 0.4) is 0 Å². The van der Waals surface area contributed by atoms with Crippen LogP contribution in [0.1, 0.15) is 37.5 Å². The van der Waals surface area contributed by atoms with Crippen molar-refractivity contribution in [3.05, 3.63) is 92.9 Å². The second-order valence-corrected chi connectivity index (χ2v) is 12.9. The Morgan fingerprint density at radius 3 is 2.15 bits per heavy atom. The highest BCUT2D eigenvalue weighted by atomic mass is 79.9. The van der Waals surface area contributed by atoms with Crippen molar-refractivity contribution in [1.29, 1.82) is 0 Å². The van der Waals surface area contributed by atoms with Gasteiger partial charge in [-0.3, -0.25) is 13.9 Å². The third-order valence-electron chi connectivity index (χ3n) is 6.26. The van der Waals surface area contributed by atoms with E-state index in [9.17, 15) is 18.0 Å². The minimum absolute atomic E-state index is 0.0466. The number of nitrogens with zero attached hydrogens (tertiary/aromatic N) is 2. The lowest BCUT2D eigenvalue weighted by molar-refractivity contribution is -0.139. The second-order valence-electron chi connectivity index (χ2n) is 9.70. The van der Waals surface area contributed by atoms with Crippen LogP contribution in [-0.2, 0) is 26.2 Å². The molecule has 7 nitrogen and oxygen atoms in total. The zero-order valence-electron chi connectivity index (χ0n) is 22.6. The van der Waals surface area contributed by atoms with Crippen molar-refractivity contribution in [2.24, 2.45) is 0 Å². The molecule has 0 radical (unpaired) electrons.